The van der Waals surface area contributed by atoms with Crippen molar-refractivity contribution >= 4 is 35.3 Å². The standard InChI is InChI=1S/C8H10BrNSSi/c1-12(2,3)5-4-8-10-6-7(9)11-8/h6H,1-3H3. The Morgan fingerprint density at radius 2 is 2.17 bits per heavy atom. The summed E-state index contributed by atoms with van der Waals surface area (Å²) in [4.78, 5) is 4.14. The fourth-order valence-corrected chi connectivity index (χ4v) is 2.20. The molecule has 1 rings (SSSR count). The summed E-state index contributed by atoms with van der Waals surface area (Å²) in [6.07, 6.45) is 1.79. The minimum atomic E-state index is -1.24. The van der Waals surface area contributed by atoms with Crippen molar-refractivity contribution < 1.29 is 0 Å². The Balaban J connectivity index is 2.80. The van der Waals surface area contributed by atoms with E-state index in [1.807, 2.05) is 0 Å². The van der Waals surface area contributed by atoms with Crippen molar-refractivity contribution in [3.05, 3.63) is 15.0 Å². The van der Waals surface area contributed by atoms with Crippen LogP contribution in [0.1, 0.15) is 5.01 Å². The minimum Gasteiger partial charge on any atom is -0.235 e. The Morgan fingerprint density at radius 3 is 2.58 bits per heavy atom. The van der Waals surface area contributed by atoms with Gasteiger partial charge in [-0.1, -0.05) is 31.0 Å². The second-order valence-corrected chi connectivity index (χ2v) is 10.6. The zero-order valence-electron chi connectivity index (χ0n) is 7.31. The van der Waals surface area contributed by atoms with Crippen LogP contribution < -0.4 is 0 Å². The molecule has 12 heavy (non-hydrogen) atoms. The smallest absolute Gasteiger partial charge is 0.167 e. The summed E-state index contributed by atoms with van der Waals surface area (Å²) < 4.78 is 1.04. The highest BCUT2D eigenvalue weighted by molar-refractivity contribution is 9.11. The normalized spacial score (nSPS) is 10.7. The van der Waals surface area contributed by atoms with Gasteiger partial charge in [0.15, 0.2) is 5.01 Å². The van der Waals surface area contributed by atoms with Crippen molar-refractivity contribution in [1.82, 2.24) is 4.98 Å². The molecule has 0 aliphatic heterocycles. The molecular formula is C8H10BrNSSi. The molecule has 1 aromatic heterocycles. The van der Waals surface area contributed by atoms with Gasteiger partial charge in [0.2, 0.25) is 0 Å². The predicted octanol–water partition coefficient (Wildman–Crippen LogP) is 3.13. The van der Waals surface area contributed by atoms with Gasteiger partial charge in [0.25, 0.3) is 0 Å². The van der Waals surface area contributed by atoms with Crippen LogP contribution in [0.25, 0.3) is 0 Å². The van der Waals surface area contributed by atoms with Gasteiger partial charge in [-0.3, -0.25) is 0 Å². The molecule has 0 atom stereocenters. The largest absolute Gasteiger partial charge is 0.235 e. The quantitative estimate of drug-likeness (QED) is 0.516. The Bertz CT molecular complexity index is 329. The lowest BCUT2D eigenvalue weighted by Crippen LogP contribution is -2.16. The SMILES string of the molecule is C[Si](C)(C)C#Cc1ncc(Br)s1. The lowest BCUT2D eigenvalue weighted by atomic mass is 10.7. The Morgan fingerprint density at radius 1 is 1.50 bits per heavy atom. The average Bonchev–Trinajstić information content (AvgIpc) is 2.30. The molecule has 0 radical (unpaired) electrons. The monoisotopic (exact) mass is 259 g/mol. The second kappa shape index (κ2) is 3.73. The van der Waals surface area contributed by atoms with E-state index in [0.717, 1.165) is 8.79 Å². The highest BCUT2D eigenvalue weighted by Crippen LogP contribution is 2.18. The van der Waals surface area contributed by atoms with Crippen molar-refractivity contribution in [2.45, 2.75) is 19.6 Å². The van der Waals surface area contributed by atoms with E-state index in [4.69, 9.17) is 0 Å². The highest BCUT2D eigenvalue weighted by Gasteiger charge is 2.07. The van der Waals surface area contributed by atoms with Crippen LogP contribution >= 0.6 is 27.3 Å². The number of aromatic nitrogens is 1. The van der Waals surface area contributed by atoms with E-state index in [2.05, 4.69) is 52.0 Å². The molecule has 0 amide bonds. The summed E-state index contributed by atoms with van der Waals surface area (Å²) in [5, 5.41) is 0.907. The first-order valence-corrected chi connectivity index (χ1v) is 8.73. The van der Waals surface area contributed by atoms with Crippen LogP contribution in [-0.4, -0.2) is 13.1 Å². The van der Waals surface area contributed by atoms with Crippen molar-refractivity contribution in [2.24, 2.45) is 0 Å². The summed E-state index contributed by atoms with van der Waals surface area (Å²) in [7, 11) is -1.24. The highest BCUT2D eigenvalue weighted by atomic mass is 79.9. The third-order valence-corrected chi connectivity index (χ3v) is 3.29. The Kier molecular flexibility index (Phi) is 3.10. The molecular weight excluding hydrogens is 250 g/mol. The van der Waals surface area contributed by atoms with Crippen LogP contribution in [0.5, 0.6) is 0 Å². The fourth-order valence-electron chi connectivity index (χ4n) is 0.553. The number of rotatable bonds is 0. The molecule has 64 valence electrons. The number of nitrogens with zero attached hydrogens (tertiary/aromatic N) is 1. The van der Waals surface area contributed by atoms with Crippen LogP contribution in [0.15, 0.2) is 9.98 Å². The summed E-state index contributed by atoms with van der Waals surface area (Å²) in [6.45, 7) is 6.67. The van der Waals surface area contributed by atoms with Gasteiger partial charge in [-0.15, -0.1) is 5.54 Å². The van der Waals surface area contributed by atoms with Gasteiger partial charge in [0, 0.05) is 0 Å². The first-order chi connectivity index (χ1) is 5.47. The summed E-state index contributed by atoms with van der Waals surface area (Å²) in [6, 6.07) is 0. The molecule has 0 aromatic carbocycles. The van der Waals surface area contributed by atoms with E-state index in [1.54, 1.807) is 17.5 Å². The molecule has 0 aliphatic carbocycles. The lowest BCUT2D eigenvalue weighted by molar-refractivity contribution is 1.38. The molecule has 0 spiro atoms. The van der Waals surface area contributed by atoms with E-state index < -0.39 is 8.07 Å². The van der Waals surface area contributed by atoms with Crippen molar-refractivity contribution in [3.8, 4) is 11.5 Å². The first-order valence-electron chi connectivity index (χ1n) is 3.62. The van der Waals surface area contributed by atoms with E-state index in [1.165, 1.54) is 0 Å². The molecule has 1 aromatic rings. The van der Waals surface area contributed by atoms with Crippen LogP contribution in [0, 0.1) is 11.5 Å². The van der Waals surface area contributed by atoms with Crippen molar-refractivity contribution in [3.63, 3.8) is 0 Å². The molecule has 0 N–H and O–H groups in total. The van der Waals surface area contributed by atoms with Gasteiger partial charge in [0.05, 0.1) is 9.98 Å². The number of halogens is 1. The first kappa shape index (κ1) is 9.97. The summed E-state index contributed by atoms with van der Waals surface area (Å²) in [5.74, 6) is 3.09. The molecule has 0 fully saturated rings. The number of hydrogen-bond acceptors (Lipinski definition) is 2. The van der Waals surface area contributed by atoms with Crippen LogP contribution in [0.2, 0.25) is 19.6 Å². The topological polar surface area (TPSA) is 12.9 Å². The third kappa shape index (κ3) is 3.52. The number of thiazole rings is 1. The zero-order chi connectivity index (χ0) is 9.19. The molecule has 1 nitrogen and oxygen atoms in total. The van der Waals surface area contributed by atoms with E-state index in [-0.39, 0.29) is 0 Å². The summed E-state index contributed by atoms with van der Waals surface area (Å²) >= 11 is 4.93. The maximum absolute atomic E-state index is 4.14. The van der Waals surface area contributed by atoms with Gasteiger partial charge in [-0.2, -0.15) is 0 Å². The maximum Gasteiger partial charge on any atom is 0.167 e. The van der Waals surface area contributed by atoms with Gasteiger partial charge in [-0.05, 0) is 21.9 Å². The summed E-state index contributed by atoms with van der Waals surface area (Å²) in [5.41, 5.74) is 3.27. The predicted molar refractivity (Wildman–Crippen MR) is 60.0 cm³/mol. The van der Waals surface area contributed by atoms with Crippen LogP contribution in [0.3, 0.4) is 0 Å². The van der Waals surface area contributed by atoms with Gasteiger partial charge in [0.1, 0.15) is 8.07 Å². The van der Waals surface area contributed by atoms with E-state index in [0.29, 0.717) is 0 Å². The molecule has 0 bridgehead atoms. The fraction of sp³-hybridized carbons (Fsp3) is 0.375. The molecule has 0 unspecified atom stereocenters. The van der Waals surface area contributed by atoms with E-state index >= 15 is 0 Å². The van der Waals surface area contributed by atoms with Gasteiger partial charge in [-0.25, -0.2) is 4.98 Å². The Hall–Kier alpha value is -0.113. The maximum atomic E-state index is 4.14. The number of hydrogen-bond donors (Lipinski definition) is 0. The van der Waals surface area contributed by atoms with Crippen LogP contribution in [0.4, 0.5) is 0 Å². The Labute approximate surface area is 86.4 Å². The van der Waals surface area contributed by atoms with Gasteiger partial charge >= 0.3 is 0 Å². The van der Waals surface area contributed by atoms with Crippen molar-refractivity contribution in [1.29, 1.82) is 0 Å². The van der Waals surface area contributed by atoms with E-state index in [9.17, 15) is 0 Å². The minimum absolute atomic E-state index is 0.907. The average molecular weight is 260 g/mol. The van der Waals surface area contributed by atoms with Crippen LogP contribution in [-0.2, 0) is 0 Å². The van der Waals surface area contributed by atoms with Crippen molar-refractivity contribution in [2.75, 3.05) is 0 Å². The molecule has 0 saturated heterocycles. The second-order valence-electron chi connectivity index (χ2n) is 3.47. The zero-order valence-corrected chi connectivity index (χ0v) is 10.7. The molecule has 0 saturated carbocycles. The van der Waals surface area contributed by atoms with Gasteiger partial charge < -0.3 is 0 Å². The third-order valence-electron chi connectivity index (χ3n) is 1.02. The lowest BCUT2D eigenvalue weighted by Gasteiger charge is -2.02. The molecule has 4 heteroatoms. The molecule has 1 heterocycles. The molecule has 0 aliphatic rings.